The molecule has 2 aliphatic heterocycles. The molecule has 0 aliphatic carbocycles. The summed E-state index contributed by atoms with van der Waals surface area (Å²) < 4.78 is 9.51. The smallest absolute Gasteiger partial charge is 0.260 e. The second-order valence-electron chi connectivity index (χ2n) is 11.6. The van der Waals surface area contributed by atoms with E-state index in [9.17, 15) is 4.79 Å². The molecule has 0 spiro atoms. The van der Waals surface area contributed by atoms with Gasteiger partial charge in [0.15, 0.2) is 0 Å². The standard InChI is InChI=1S/C32H40N8O2/c1-21(2)23(4)28-16-24-17-35-32(36-25-5-6-29(22(3)15-25)38-11-9-33-10-12-38)37-30(24)39(31(28)41)19-27-18-34-20-40(27)26-7-13-42-14-8-26/h5-6,15-18,20-21,26,33H,4,7-14,19H2,1-3H3,(H,35,36,37). The normalized spacial score (nSPS) is 16.3. The number of benzene rings is 1. The molecule has 2 N–H and O–H groups in total. The maximum absolute atomic E-state index is 14.0. The SMILES string of the molecule is C=C(c1cc2cnc(Nc3ccc(N4CCNCC4)c(C)c3)nc2n(Cc2cncn2C2CCOCC2)c1=O)C(C)C. The average Bonchev–Trinajstić information content (AvgIpc) is 3.47. The Morgan fingerprint density at radius 1 is 1.17 bits per heavy atom. The summed E-state index contributed by atoms with van der Waals surface area (Å²) in [7, 11) is 0. The number of fused-ring (bicyclic) bond motifs is 1. The van der Waals surface area contributed by atoms with E-state index in [0.717, 1.165) is 74.6 Å². The number of ether oxygens (including phenoxy) is 1. The predicted octanol–water partition coefficient (Wildman–Crippen LogP) is 4.52. The van der Waals surface area contributed by atoms with Crippen LogP contribution in [0.15, 0.2) is 54.4 Å². The molecule has 42 heavy (non-hydrogen) atoms. The number of rotatable bonds is 8. The van der Waals surface area contributed by atoms with Gasteiger partial charge in [0.25, 0.3) is 5.56 Å². The molecule has 10 nitrogen and oxygen atoms in total. The third kappa shape index (κ3) is 5.69. The number of piperazine rings is 1. The minimum atomic E-state index is -0.109. The maximum Gasteiger partial charge on any atom is 0.260 e. The highest BCUT2D eigenvalue weighted by atomic mass is 16.5. The molecule has 10 heteroatoms. The summed E-state index contributed by atoms with van der Waals surface area (Å²) in [6.45, 7) is 16.3. The van der Waals surface area contributed by atoms with Gasteiger partial charge >= 0.3 is 0 Å². The van der Waals surface area contributed by atoms with Gasteiger partial charge in [0.2, 0.25) is 5.95 Å². The van der Waals surface area contributed by atoms with Crippen LogP contribution in [0.2, 0.25) is 0 Å². The first kappa shape index (κ1) is 28.1. The topological polar surface area (TPSA) is 102 Å². The number of imidazole rings is 1. The molecule has 2 aliphatic rings. The summed E-state index contributed by atoms with van der Waals surface area (Å²) in [5.74, 6) is 0.573. The van der Waals surface area contributed by atoms with Crippen LogP contribution in [0, 0.1) is 12.8 Å². The largest absolute Gasteiger partial charge is 0.381 e. The molecule has 4 aromatic rings. The highest BCUT2D eigenvalue weighted by Crippen LogP contribution is 2.28. The van der Waals surface area contributed by atoms with Crippen LogP contribution in [0.1, 0.15) is 49.6 Å². The molecule has 0 atom stereocenters. The highest BCUT2D eigenvalue weighted by Gasteiger charge is 2.21. The van der Waals surface area contributed by atoms with Crippen molar-refractivity contribution in [2.75, 3.05) is 49.6 Å². The van der Waals surface area contributed by atoms with Crippen molar-refractivity contribution in [2.45, 2.75) is 46.2 Å². The molecule has 0 unspecified atom stereocenters. The van der Waals surface area contributed by atoms with Gasteiger partial charge in [-0.05, 0) is 61.1 Å². The lowest BCUT2D eigenvalue weighted by atomic mass is 9.97. The first-order valence-corrected chi connectivity index (χ1v) is 14.9. The van der Waals surface area contributed by atoms with Crippen LogP contribution in [0.4, 0.5) is 17.3 Å². The lowest BCUT2D eigenvalue weighted by Crippen LogP contribution is -2.43. The second kappa shape index (κ2) is 12.1. The van der Waals surface area contributed by atoms with E-state index in [1.807, 2.05) is 18.6 Å². The average molecular weight is 569 g/mol. The van der Waals surface area contributed by atoms with Crippen molar-refractivity contribution >= 4 is 33.9 Å². The molecule has 2 saturated heterocycles. The Hall–Kier alpha value is -4.02. The Balaban J connectivity index is 1.36. The summed E-state index contributed by atoms with van der Waals surface area (Å²) in [5, 5.41) is 7.57. The number of nitrogens with one attached hydrogen (secondary N) is 2. The Morgan fingerprint density at radius 2 is 1.95 bits per heavy atom. The van der Waals surface area contributed by atoms with Crippen molar-refractivity contribution < 1.29 is 4.74 Å². The van der Waals surface area contributed by atoms with Crippen molar-refractivity contribution in [2.24, 2.45) is 5.92 Å². The number of nitrogens with zero attached hydrogens (tertiary/aromatic N) is 6. The number of aryl methyl sites for hydroxylation is 1. The summed E-state index contributed by atoms with van der Waals surface area (Å²) in [4.78, 5) is 30.4. The maximum atomic E-state index is 14.0. The van der Waals surface area contributed by atoms with Crippen LogP contribution in [-0.2, 0) is 11.3 Å². The molecular formula is C32H40N8O2. The van der Waals surface area contributed by atoms with Crippen LogP contribution >= 0.6 is 0 Å². The Kier molecular flexibility index (Phi) is 8.08. The van der Waals surface area contributed by atoms with E-state index in [1.54, 1.807) is 10.8 Å². The lowest BCUT2D eigenvalue weighted by molar-refractivity contribution is 0.0688. The van der Waals surface area contributed by atoms with Gasteiger partial charge in [0.05, 0.1) is 18.6 Å². The zero-order chi connectivity index (χ0) is 29.2. The van der Waals surface area contributed by atoms with Crippen molar-refractivity contribution in [3.63, 3.8) is 0 Å². The molecule has 0 radical (unpaired) electrons. The fourth-order valence-electron chi connectivity index (χ4n) is 5.94. The number of aromatic nitrogens is 5. The number of anilines is 3. The molecule has 0 amide bonds. The molecule has 5 heterocycles. The summed E-state index contributed by atoms with van der Waals surface area (Å²) in [6.07, 6.45) is 7.35. The van der Waals surface area contributed by atoms with Crippen LogP contribution in [0.5, 0.6) is 0 Å². The third-order valence-electron chi connectivity index (χ3n) is 8.43. The van der Waals surface area contributed by atoms with Gasteiger partial charge in [-0.3, -0.25) is 9.36 Å². The first-order valence-electron chi connectivity index (χ1n) is 14.9. The zero-order valence-electron chi connectivity index (χ0n) is 24.8. The van der Waals surface area contributed by atoms with Gasteiger partial charge in [-0.25, -0.2) is 9.97 Å². The van der Waals surface area contributed by atoms with Crippen molar-refractivity contribution in [1.82, 2.24) is 29.4 Å². The minimum Gasteiger partial charge on any atom is -0.381 e. The van der Waals surface area contributed by atoms with Crippen molar-refractivity contribution in [1.29, 1.82) is 0 Å². The number of hydrogen-bond acceptors (Lipinski definition) is 8. The fraction of sp³-hybridized carbons (Fsp3) is 0.438. The van der Waals surface area contributed by atoms with E-state index in [1.165, 1.54) is 11.3 Å². The Morgan fingerprint density at radius 3 is 2.69 bits per heavy atom. The number of pyridine rings is 1. The van der Waals surface area contributed by atoms with Gasteiger partial charge in [0, 0.05) is 80.2 Å². The van der Waals surface area contributed by atoms with E-state index >= 15 is 0 Å². The quantitative estimate of drug-likeness (QED) is 0.320. The first-order chi connectivity index (χ1) is 20.4. The van der Waals surface area contributed by atoms with Gasteiger partial charge in [-0.2, -0.15) is 4.98 Å². The Labute approximate surface area is 246 Å². The second-order valence-corrected chi connectivity index (χ2v) is 11.6. The van der Waals surface area contributed by atoms with Crippen LogP contribution < -0.4 is 21.1 Å². The summed E-state index contributed by atoms with van der Waals surface area (Å²) in [6, 6.07) is 8.52. The van der Waals surface area contributed by atoms with Crippen LogP contribution in [-0.4, -0.2) is 63.5 Å². The van der Waals surface area contributed by atoms with Gasteiger partial charge in [-0.1, -0.05) is 20.4 Å². The molecule has 1 aromatic carbocycles. The van der Waals surface area contributed by atoms with Crippen molar-refractivity contribution in [3.8, 4) is 0 Å². The molecular weight excluding hydrogens is 528 g/mol. The number of hydrogen-bond donors (Lipinski definition) is 2. The van der Waals surface area contributed by atoms with Gasteiger partial charge in [-0.15, -0.1) is 0 Å². The summed E-state index contributed by atoms with van der Waals surface area (Å²) in [5.41, 5.74) is 6.17. The lowest BCUT2D eigenvalue weighted by Gasteiger charge is -2.30. The molecule has 0 saturated carbocycles. The van der Waals surface area contributed by atoms with E-state index in [2.05, 4.69) is 75.6 Å². The molecule has 2 fully saturated rings. The third-order valence-corrected chi connectivity index (χ3v) is 8.43. The predicted molar refractivity (Wildman–Crippen MR) is 168 cm³/mol. The minimum absolute atomic E-state index is 0.109. The van der Waals surface area contributed by atoms with E-state index in [-0.39, 0.29) is 11.5 Å². The zero-order valence-corrected chi connectivity index (χ0v) is 24.8. The fourth-order valence-corrected chi connectivity index (χ4v) is 5.94. The summed E-state index contributed by atoms with van der Waals surface area (Å²) >= 11 is 0. The highest BCUT2D eigenvalue weighted by molar-refractivity contribution is 5.81. The van der Waals surface area contributed by atoms with Gasteiger partial charge in [0.1, 0.15) is 5.65 Å². The van der Waals surface area contributed by atoms with Gasteiger partial charge < -0.3 is 24.8 Å². The van der Waals surface area contributed by atoms with Crippen molar-refractivity contribution in [3.05, 3.63) is 76.7 Å². The van der Waals surface area contributed by atoms with E-state index < -0.39 is 0 Å². The van der Waals surface area contributed by atoms with Crippen LogP contribution in [0.3, 0.4) is 0 Å². The monoisotopic (exact) mass is 568 g/mol. The van der Waals surface area contributed by atoms with Crippen LogP contribution in [0.25, 0.3) is 16.6 Å². The molecule has 0 bridgehead atoms. The Bertz CT molecular complexity index is 1640. The van der Waals surface area contributed by atoms with E-state index in [4.69, 9.17) is 9.72 Å². The molecule has 220 valence electrons. The molecule has 3 aromatic heterocycles. The van der Waals surface area contributed by atoms with E-state index in [0.29, 0.717) is 29.7 Å². The molecule has 6 rings (SSSR count). The number of allylic oxidation sites excluding steroid dienone is 1.